The van der Waals surface area contributed by atoms with Gasteiger partial charge < -0.3 is 14.4 Å². The highest BCUT2D eigenvalue weighted by Gasteiger charge is 2.28. The van der Waals surface area contributed by atoms with Gasteiger partial charge in [-0.05, 0) is 48.7 Å². The monoisotopic (exact) mass is 338 g/mol. The highest BCUT2D eigenvalue weighted by molar-refractivity contribution is 5.92. The van der Waals surface area contributed by atoms with E-state index in [0.717, 1.165) is 36.3 Å². The number of carbonyl (C=O) groups is 1. The van der Waals surface area contributed by atoms with Crippen molar-refractivity contribution in [2.24, 2.45) is 0 Å². The van der Waals surface area contributed by atoms with Crippen molar-refractivity contribution in [3.8, 4) is 11.5 Å². The van der Waals surface area contributed by atoms with Crippen LogP contribution in [0, 0.1) is 0 Å². The second-order valence-electron chi connectivity index (χ2n) is 5.91. The first kappa shape index (κ1) is 17.0. The third kappa shape index (κ3) is 3.82. The molecule has 5 nitrogen and oxygen atoms in total. The standard InChI is InChI=1S/C20H22N2O3/c1-24-17-7-5-16(19(14-17)25-2)6-8-20(23)22-13-3-4-18(22)15-9-11-21-12-10-15/h5-12,14,18H,3-4,13H2,1-2H3/b8-6+. The number of carbonyl (C=O) groups excluding carboxylic acids is 1. The van der Waals surface area contributed by atoms with Crippen molar-refractivity contribution < 1.29 is 14.3 Å². The average Bonchev–Trinajstić information content (AvgIpc) is 3.16. The number of nitrogens with zero attached hydrogens (tertiary/aromatic N) is 2. The third-order valence-electron chi connectivity index (χ3n) is 4.47. The fourth-order valence-corrected chi connectivity index (χ4v) is 3.18. The van der Waals surface area contributed by atoms with Gasteiger partial charge >= 0.3 is 0 Å². The lowest BCUT2D eigenvalue weighted by molar-refractivity contribution is -0.126. The molecular formula is C20H22N2O3. The van der Waals surface area contributed by atoms with Crippen molar-refractivity contribution in [3.05, 3.63) is 59.9 Å². The van der Waals surface area contributed by atoms with Crippen LogP contribution in [0.3, 0.4) is 0 Å². The molecule has 1 atom stereocenters. The summed E-state index contributed by atoms with van der Waals surface area (Å²) in [5.74, 6) is 1.41. The normalized spacial score (nSPS) is 17.0. The topological polar surface area (TPSA) is 51.7 Å². The molecular weight excluding hydrogens is 316 g/mol. The first-order valence-corrected chi connectivity index (χ1v) is 8.33. The fourth-order valence-electron chi connectivity index (χ4n) is 3.18. The van der Waals surface area contributed by atoms with Crippen molar-refractivity contribution in [1.29, 1.82) is 0 Å². The molecule has 2 heterocycles. The molecule has 0 N–H and O–H groups in total. The molecule has 0 spiro atoms. The lowest BCUT2D eigenvalue weighted by Crippen LogP contribution is -2.28. The Hall–Kier alpha value is -2.82. The third-order valence-corrected chi connectivity index (χ3v) is 4.47. The number of pyridine rings is 1. The summed E-state index contributed by atoms with van der Waals surface area (Å²) < 4.78 is 10.6. The maximum Gasteiger partial charge on any atom is 0.247 e. The molecule has 1 aliphatic rings. The molecule has 5 heteroatoms. The first-order chi connectivity index (χ1) is 12.2. The van der Waals surface area contributed by atoms with Gasteiger partial charge in [0.05, 0.1) is 20.3 Å². The van der Waals surface area contributed by atoms with Gasteiger partial charge in [-0.1, -0.05) is 0 Å². The Kier molecular flexibility index (Phi) is 5.33. The number of methoxy groups -OCH3 is 2. The Bertz CT molecular complexity index is 759. The predicted octanol–water partition coefficient (Wildman–Crippen LogP) is 3.48. The minimum atomic E-state index is 0.0113. The highest BCUT2D eigenvalue weighted by Crippen LogP contribution is 2.32. The summed E-state index contributed by atoms with van der Waals surface area (Å²) in [6.07, 6.45) is 8.95. The summed E-state index contributed by atoms with van der Waals surface area (Å²) in [7, 11) is 3.22. The molecule has 3 rings (SSSR count). The summed E-state index contributed by atoms with van der Waals surface area (Å²) in [6, 6.07) is 9.62. The van der Waals surface area contributed by atoms with E-state index in [1.807, 2.05) is 29.2 Å². The van der Waals surface area contributed by atoms with Crippen molar-refractivity contribution in [3.63, 3.8) is 0 Å². The van der Waals surface area contributed by atoms with Crippen LogP contribution in [0.5, 0.6) is 11.5 Å². The van der Waals surface area contributed by atoms with E-state index < -0.39 is 0 Å². The lowest BCUT2D eigenvalue weighted by atomic mass is 10.1. The van der Waals surface area contributed by atoms with Gasteiger partial charge in [-0.2, -0.15) is 0 Å². The fraction of sp³-hybridized carbons (Fsp3) is 0.300. The van der Waals surface area contributed by atoms with Crippen molar-refractivity contribution >= 4 is 12.0 Å². The molecule has 0 bridgehead atoms. The number of benzene rings is 1. The smallest absolute Gasteiger partial charge is 0.247 e. The zero-order valence-corrected chi connectivity index (χ0v) is 14.5. The van der Waals surface area contributed by atoms with Crippen LogP contribution < -0.4 is 9.47 Å². The van der Waals surface area contributed by atoms with E-state index in [9.17, 15) is 4.79 Å². The van der Waals surface area contributed by atoms with Crippen LogP contribution in [0.4, 0.5) is 0 Å². The number of ether oxygens (including phenoxy) is 2. The number of likely N-dealkylation sites (tertiary alicyclic amines) is 1. The molecule has 130 valence electrons. The maximum atomic E-state index is 12.7. The minimum Gasteiger partial charge on any atom is -0.497 e. The van der Waals surface area contributed by atoms with Crippen LogP contribution in [-0.2, 0) is 4.79 Å². The molecule has 1 aromatic carbocycles. The van der Waals surface area contributed by atoms with Gasteiger partial charge in [-0.25, -0.2) is 0 Å². The molecule has 0 aliphatic carbocycles. The van der Waals surface area contributed by atoms with Crippen LogP contribution in [0.2, 0.25) is 0 Å². The SMILES string of the molecule is COc1ccc(/C=C/C(=O)N2CCCC2c2ccncc2)c(OC)c1. The Balaban J connectivity index is 1.76. The number of rotatable bonds is 5. The van der Waals surface area contributed by atoms with Crippen LogP contribution in [0.15, 0.2) is 48.8 Å². The Labute approximate surface area is 147 Å². The average molecular weight is 338 g/mol. The summed E-state index contributed by atoms with van der Waals surface area (Å²) in [6.45, 7) is 0.774. The van der Waals surface area contributed by atoms with E-state index in [-0.39, 0.29) is 11.9 Å². The van der Waals surface area contributed by atoms with Gasteiger partial charge in [-0.15, -0.1) is 0 Å². The molecule has 1 saturated heterocycles. The Morgan fingerprint density at radius 2 is 2.00 bits per heavy atom. The summed E-state index contributed by atoms with van der Waals surface area (Å²) >= 11 is 0. The van der Waals surface area contributed by atoms with Crippen LogP contribution in [0.1, 0.15) is 30.0 Å². The second-order valence-corrected chi connectivity index (χ2v) is 5.91. The number of hydrogen-bond donors (Lipinski definition) is 0. The quantitative estimate of drug-likeness (QED) is 0.783. The van der Waals surface area contributed by atoms with E-state index in [1.54, 1.807) is 44.8 Å². The predicted molar refractivity (Wildman–Crippen MR) is 96.5 cm³/mol. The molecule has 0 saturated carbocycles. The van der Waals surface area contributed by atoms with Crippen LogP contribution >= 0.6 is 0 Å². The molecule has 25 heavy (non-hydrogen) atoms. The molecule has 2 aromatic rings. The molecule has 1 aliphatic heterocycles. The summed E-state index contributed by atoms with van der Waals surface area (Å²) in [4.78, 5) is 18.7. The highest BCUT2D eigenvalue weighted by atomic mass is 16.5. The van der Waals surface area contributed by atoms with Crippen molar-refractivity contribution in [2.75, 3.05) is 20.8 Å². The molecule has 0 radical (unpaired) electrons. The van der Waals surface area contributed by atoms with Crippen molar-refractivity contribution in [2.45, 2.75) is 18.9 Å². The Morgan fingerprint density at radius 3 is 2.72 bits per heavy atom. The first-order valence-electron chi connectivity index (χ1n) is 8.33. The number of aromatic nitrogens is 1. The van der Waals surface area contributed by atoms with E-state index in [4.69, 9.17) is 9.47 Å². The van der Waals surface area contributed by atoms with E-state index >= 15 is 0 Å². The molecule has 1 fully saturated rings. The zero-order chi connectivity index (χ0) is 17.6. The second kappa shape index (κ2) is 7.83. The maximum absolute atomic E-state index is 12.7. The van der Waals surface area contributed by atoms with Gasteiger partial charge in [0.25, 0.3) is 0 Å². The van der Waals surface area contributed by atoms with Gasteiger partial charge in [0.15, 0.2) is 0 Å². The van der Waals surface area contributed by atoms with Gasteiger partial charge in [0, 0.05) is 36.6 Å². The lowest BCUT2D eigenvalue weighted by Gasteiger charge is -2.23. The summed E-state index contributed by atoms with van der Waals surface area (Å²) in [5.41, 5.74) is 1.98. The number of amides is 1. The molecule has 1 aromatic heterocycles. The molecule has 1 unspecified atom stereocenters. The van der Waals surface area contributed by atoms with Gasteiger partial charge in [-0.3, -0.25) is 9.78 Å². The number of hydrogen-bond acceptors (Lipinski definition) is 4. The van der Waals surface area contributed by atoms with E-state index in [0.29, 0.717) is 5.75 Å². The van der Waals surface area contributed by atoms with E-state index in [2.05, 4.69) is 4.98 Å². The molecule has 1 amide bonds. The Morgan fingerprint density at radius 1 is 1.20 bits per heavy atom. The van der Waals surface area contributed by atoms with Crippen LogP contribution in [0.25, 0.3) is 6.08 Å². The van der Waals surface area contributed by atoms with Crippen LogP contribution in [-0.4, -0.2) is 36.6 Å². The summed E-state index contributed by atoms with van der Waals surface area (Å²) in [5, 5.41) is 0. The minimum absolute atomic E-state index is 0.0113. The van der Waals surface area contributed by atoms with Gasteiger partial charge in [0.1, 0.15) is 11.5 Å². The van der Waals surface area contributed by atoms with Gasteiger partial charge in [0.2, 0.25) is 5.91 Å². The van der Waals surface area contributed by atoms with E-state index in [1.165, 1.54) is 0 Å². The van der Waals surface area contributed by atoms with Crippen molar-refractivity contribution in [1.82, 2.24) is 9.88 Å². The largest absolute Gasteiger partial charge is 0.497 e. The zero-order valence-electron chi connectivity index (χ0n) is 14.5.